The molecule has 1 saturated carbocycles. The molecule has 0 radical (unpaired) electrons. The Labute approximate surface area is 133 Å². The van der Waals surface area contributed by atoms with Gasteiger partial charge < -0.3 is 10.4 Å². The molecule has 0 atom stereocenters. The lowest BCUT2D eigenvalue weighted by Gasteiger charge is -2.33. The third kappa shape index (κ3) is 3.08. The molecule has 0 spiro atoms. The van der Waals surface area contributed by atoms with Gasteiger partial charge in [-0.05, 0) is 25.0 Å². The standard InChI is InChI=1S/C16H18N4O3/c21-14(18-16(15(22)23)9-5-2-6-10-16)13-11-17-20(19-13)12-7-3-1-4-8-12/h1,3-4,7-8,11H,2,5-6,9-10H2,(H,18,21)(H,22,23). The lowest BCUT2D eigenvalue weighted by molar-refractivity contribution is -0.145. The second-order valence-electron chi connectivity index (χ2n) is 5.76. The van der Waals surface area contributed by atoms with E-state index < -0.39 is 17.4 Å². The number of benzene rings is 1. The number of hydrogen-bond donors (Lipinski definition) is 2. The molecule has 7 nitrogen and oxygen atoms in total. The highest BCUT2D eigenvalue weighted by atomic mass is 16.4. The number of carboxylic acid groups (broad SMARTS) is 1. The molecule has 1 heterocycles. The predicted octanol–water partition coefficient (Wildman–Crippen LogP) is 1.78. The monoisotopic (exact) mass is 314 g/mol. The molecule has 1 aromatic heterocycles. The van der Waals surface area contributed by atoms with E-state index in [0.29, 0.717) is 12.8 Å². The van der Waals surface area contributed by atoms with E-state index in [0.717, 1.165) is 24.9 Å². The van der Waals surface area contributed by atoms with Crippen LogP contribution in [0.3, 0.4) is 0 Å². The quantitative estimate of drug-likeness (QED) is 0.896. The Kier molecular flexibility index (Phi) is 4.10. The van der Waals surface area contributed by atoms with E-state index in [-0.39, 0.29) is 5.69 Å². The molecular weight excluding hydrogens is 296 g/mol. The van der Waals surface area contributed by atoms with Gasteiger partial charge in [-0.25, -0.2) is 4.79 Å². The first-order chi connectivity index (χ1) is 11.1. The van der Waals surface area contributed by atoms with Crippen LogP contribution in [-0.4, -0.2) is 37.5 Å². The summed E-state index contributed by atoms with van der Waals surface area (Å²) in [6, 6.07) is 9.21. The zero-order chi connectivity index (χ0) is 16.3. The Morgan fingerprint density at radius 1 is 1.13 bits per heavy atom. The Hall–Kier alpha value is -2.70. The fraction of sp³-hybridized carbons (Fsp3) is 0.375. The maximum atomic E-state index is 12.4. The van der Waals surface area contributed by atoms with Crippen molar-refractivity contribution in [2.45, 2.75) is 37.6 Å². The highest BCUT2D eigenvalue weighted by Gasteiger charge is 2.41. The number of amides is 1. The van der Waals surface area contributed by atoms with Gasteiger partial charge >= 0.3 is 5.97 Å². The average molecular weight is 314 g/mol. The van der Waals surface area contributed by atoms with Gasteiger partial charge in [-0.2, -0.15) is 9.90 Å². The maximum absolute atomic E-state index is 12.4. The van der Waals surface area contributed by atoms with Gasteiger partial charge in [0.15, 0.2) is 5.69 Å². The van der Waals surface area contributed by atoms with E-state index >= 15 is 0 Å². The van der Waals surface area contributed by atoms with Crippen molar-refractivity contribution in [1.82, 2.24) is 20.3 Å². The molecule has 3 rings (SSSR count). The molecule has 1 aliphatic carbocycles. The van der Waals surface area contributed by atoms with Gasteiger partial charge in [-0.1, -0.05) is 37.5 Å². The normalized spacial score (nSPS) is 16.7. The van der Waals surface area contributed by atoms with E-state index in [1.165, 1.54) is 11.0 Å². The fourth-order valence-corrected chi connectivity index (χ4v) is 2.88. The van der Waals surface area contributed by atoms with Crippen molar-refractivity contribution in [3.8, 4) is 5.69 Å². The van der Waals surface area contributed by atoms with Crippen LogP contribution < -0.4 is 5.32 Å². The summed E-state index contributed by atoms with van der Waals surface area (Å²) in [5, 5.41) is 20.4. The van der Waals surface area contributed by atoms with Crippen LogP contribution in [-0.2, 0) is 4.79 Å². The lowest BCUT2D eigenvalue weighted by Crippen LogP contribution is -2.55. The summed E-state index contributed by atoms with van der Waals surface area (Å²) in [5.41, 5.74) is -0.344. The summed E-state index contributed by atoms with van der Waals surface area (Å²) in [4.78, 5) is 25.3. The summed E-state index contributed by atoms with van der Waals surface area (Å²) in [5.74, 6) is -1.49. The van der Waals surface area contributed by atoms with Gasteiger partial charge in [0.1, 0.15) is 5.54 Å². The van der Waals surface area contributed by atoms with Crippen LogP contribution in [0.1, 0.15) is 42.6 Å². The molecule has 1 fully saturated rings. The highest BCUT2D eigenvalue weighted by Crippen LogP contribution is 2.28. The zero-order valence-electron chi connectivity index (χ0n) is 12.6. The van der Waals surface area contributed by atoms with Crippen molar-refractivity contribution in [1.29, 1.82) is 0 Å². The average Bonchev–Trinajstić information content (AvgIpc) is 3.06. The molecule has 120 valence electrons. The van der Waals surface area contributed by atoms with Crippen molar-refractivity contribution < 1.29 is 14.7 Å². The molecule has 1 aliphatic rings. The van der Waals surface area contributed by atoms with E-state index in [4.69, 9.17) is 0 Å². The topological polar surface area (TPSA) is 97.1 Å². The van der Waals surface area contributed by atoms with Crippen LogP contribution in [0.5, 0.6) is 0 Å². The molecule has 0 saturated heterocycles. The molecule has 0 bridgehead atoms. The molecule has 0 aliphatic heterocycles. The second kappa shape index (κ2) is 6.20. The minimum absolute atomic E-state index is 0.111. The number of carbonyl (C=O) groups is 2. The van der Waals surface area contributed by atoms with E-state index in [9.17, 15) is 14.7 Å². The van der Waals surface area contributed by atoms with Crippen molar-refractivity contribution in [3.05, 3.63) is 42.2 Å². The molecule has 7 heteroatoms. The zero-order valence-corrected chi connectivity index (χ0v) is 12.6. The van der Waals surface area contributed by atoms with Gasteiger partial charge in [-0.3, -0.25) is 4.79 Å². The number of rotatable bonds is 4. The third-order valence-corrected chi connectivity index (χ3v) is 4.18. The molecule has 2 N–H and O–H groups in total. The molecule has 1 aromatic carbocycles. The summed E-state index contributed by atoms with van der Waals surface area (Å²) >= 11 is 0. The van der Waals surface area contributed by atoms with E-state index in [1.54, 1.807) is 0 Å². The molecule has 0 unspecified atom stereocenters. The number of carbonyl (C=O) groups excluding carboxylic acids is 1. The Morgan fingerprint density at radius 2 is 1.83 bits per heavy atom. The van der Waals surface area contributed by atoms with Crippen LogP contribution in [0.2, 0.25) is 0 Å². The predicted molar refractivity (Wildman–Crippen MR) is 82.3 cm³/mol. The van der Waals surface area contributed by atoms with Crippen molar-refractivity contribution >= 4 is 11.9 Å². The molecular formula is C16H18N4O3. The number of aliphatic carboxylic acids is 1. The third-order valence-electron chi connectivity index (χ3n) is 4.18. The lowest BCUT2D eigenvalue weighted by atomic mass is 9.81. The van der Waals surface area contributed by atoms with E-state index in [1.807, 2.05) is 30.3 Å². The summed E-state index contributed by atoms with van der Waals surface area (Å²) in [6.07, 6.45) is 4.82. The first-order valence-corrected chi connectivity index (χ1v) is 7.64. The van der Waals surface area contributed by atoms with Crippen LogP contribution in [0.25, 0.3) is 5.69 Å². The van der Waals surface area contributed by atoms with Crippen molar-refractivity contribution in [3.63, 3.8) is 0 Å². The number of hydrogen-bond acceptors (Lipinski definition) is 4. The number of carboxylic acids is 1. The first-order valence-electron chi connectivity index (χ1n) is 7.64. The number of nitrogens with one attached hydrogen (secondary N) is 1. The van der Waals surface area contributed by atoms with Gasteiger partial charge in [0.25, 0.3) is 5.91 Å². The Morgan fingerprint density at radius 3 is 2.48 bits per heavy atom. The summed E-state index contributed by atoms with van der Waals surface area (Å²) in [7, 11) is 0. The van der Waals surface area contributed by atoms with Gasteiger partial charge in [0, 0.05) is 0 Å². The highest BCUT2D eigenvalue weighted by molar-refractivity contribution is 5.96. The van der Waals surface area contributed by atoms with Crippen LogP contribution in [0.4, 0.5) is 0 Å². The van der Waals surface area contributed by atoms with Crippen molar-refractivity contribution in [2.75, 3.05) is 0 Å². The second-order valence-corrected chi connectivity index (χ2v) is 5.76. The molecule has 1 amide bonds. The number of aromatic nitrogens is 3. The van der Waals surface area contributed by atoms with Crippen LogP contribution >= 0.6 is 0 Å². The van der Waals surface area contributed by atoms with Gasteiger partial charge in [-0.15, -0.1) is 5.10 Å². The van der Waals surface area contributed by atoms with Crippen LogP contribution in [0.15, 0.2) is 36.5 Å². The van der Waals surface area contributed by atoms with Gasteiger partial charge in [0.05, 0.1) is 11.9 Å². The number of para-hydroxylation sites is 1. The fourth-order valence-electron chi connectivity index (χ4n) is 2.88. The maximum Gasteiger partial charge on any atom is 0.329 e. The number of nitrogens with zero attached hydrogens (tertiary/aromatic N) is 3. The molecule has 2 aromatic rings. The van der Waals surface area contributed by atoms with Crippen molar-refractivity contribution in [2.24, 2.45) is 0 Å². The van der Waals surface area contributed by atoms with Gasteiger partial charge in [0.2, 0.25) is 0 Å². The minimum Gasteiger partial charge on any atom is -0.480 e. The first kappa shape index (κ1) is 15.2. The summed E-state index contributed by atoms with van der Waals surface area (Å²) in [6.45, 7) is 0. The summed E-state index contributed by atoms with van der Waals surface area (Å²) < 4.78 is 0. The van der Waals surface area contributed by atoms with E-state index in [2.05, 4.69) is 15.5 Å². The minimum atomic E-state index is -1.19. The largest absolute Gasteiger partial charge is 0.480 e. The Balaban J connectivity index is 1.78. The SMILES string of the molecule is O=C(NC1(C(=O)O)CCCCC1)c1cnn(-c2ccccc2)n1. The molecule has 23 heavy (non-hydrogen) atoms. The Bertz CT molecular complexity index is 705. The smallest absolute Gasteiger partial charge is 0.329 e. The van der Waals surface area contributed by atoms with Crippen LogP contribution in [0, 0.1) is 0 Å².